The van der Waals surface area contributed by atoms with Gasteiger partial charge in [-0.2, -0.15) is 5.10 Å². The minimum absolute atomic E-state index is 0.00632. The molecule has 3 aromatic rings. The standard InChI is InChI=1S/C26H29N3O7S/c1-5-36-25-14-19(8-12-23(25)30)16-27-28-26(31)17-29(22-15-20(34-3)9-13-24(22)35-4)37(32,33)21-10-6-18(2)7-11-21/h6-16,30H,5,17H2,1-4H3,(H,28,31)/b27-16+. The number of nitrogens with one attached hydrogen (secondary N) is 1. The molecule has 0 aliphatic carbocycles. The molecule has 3 aromatic carbocycles. The number of methoxy groups -OCH3 is 2. The number of aryl methyl sites for hydroxylation is 1. The number of sulfonamides is 1. The van der Waals surface area contributed by atoms with Crippen LogP contribution in [0.15, 0.2) is 70.7 Å². The van der Waals surface area contributed by atoms with E-state index in [0.717, 1.165) is 9.87 Å². The topological polar surface area (TPSA) is 127 Å². The number of hydrazone groups is 1. The lowest BCUT2D eigenvalue weighted by Crippen LogP contribution is -2.39. The summed E-state index contributed by atoms with van der Waals surface area (Å²) in [5.41, 5.74) is 3.91. The van der Waals surface area contributed by atoms with E-state index in [4.69, 9.17) is 14.2 Å². The smallest absolute Gasteiger partial charge is 0.264 e. The van der Waals surface area contributed by atoms with E-state index in [1.54, 1.807) is 43.3 Å². The average molecular weight is 528 g/mol. The number of hydrogen-bond acceptors (Lipinski definition) is 8. The first-order valence-corrected chi connectivity index (χ1v) is 12.7. The summed E-state index contributed by atoms with van der Waals surface area (Å²) in [5.74, 6) is 0.183. The fourth-order valence-electron chi connectivity index (χ4n) is 3.36. The SMILES string of the molecule is CCOc1cc(/C=N/NC(=O)CN(c2cc(OC)ccc2OC)S(=O)(=O)c2ccc(C)cc2)ccc1O. The number of ether oxygens (including phenoxy) is 3. The van der Waals surface area contributed by atoms with Gasteiger partial charge >= 0.3 is 0 Å². The van der Waals surface area contributed by atoms with Gasteiger partial charge in [0, 0.05) is 6.07 Å². The Morgan fingerprint density at radius 1 is 1.03 bits per heavy atom. The summed E-state index contributed by atoms with van der Waals surface area (Å²) in [5, 5.41) is 13.8. The van der Waals surface area contributed by atoms with Gasteiger partial charge in [0.2, 0.25) is 0 Å². The van der Waals surface area contributed by atoms with E-state index in [0.29, 0.717) is 17.9 Å². The number of benzene rings is 3. The lowest BCUT2D eigenvalue weighted by atomic mass is 10.2. The number of anilines is 1. The quantitative estimate of drug-likeness (QED) is 0.289. The van der Waals surface area contributed by atoms with Crippen LogP contribution in [0.1, 0.15) is 18.1 Å². The van der Waals surface area contributed by atoms with Crippen LogP contribution < -0.4 is 23.9 Å². The minimum Gasteiger partial charge on any atom is -0.504 e. The predicted molar refractivity (Wildman–Crippen MR) is 140 cm³/mol. The summed E-state index contributed by atoms with van der Waals surface area (Å²) in [6.45, 7) is 3.41. The Bertz CT molecular complexity index is 1370. The minimum atomic E-state index is -4.18. The summed E-state index contributed by atoms with van der Waals surface area (Å²) in [6, 6.07) is 15.5. The largest absolute Gasteiger partial charge is 0.504 e. The van der Waals surface area contributed by atoms with E-state index in [-0.39, 0.29) is 27.8 Å². The van der Waals surface area contributed by atoms with E-state index < -0.39 is 22.5 Å². The third kappa shape index (κ3) is 6.70. The molecule has 0 saturated carbocycles. The number of aromatic hydroxyl groups is 1. The van der Waals surface area contributed by atoms with Crippen LogP contribution in [0.2, 0.25) is 0 Å². The van der Waals surface area contributed by atoms with Gasteiger partial charge in [-0.05, 0) is 61.9 Å². The second kappa shape index (κ2) is 12.1. The maximum Gasteiger partial charge on any atom is 0.264 e. The molecule has 0 spiro atoms. The average Bonchev–Trinajstić information content (AvgIpc) is 2.89. The highest BCUT2D eigenvalue weighted by Gasteiger charge is 2.30. The van der Waals surface area contributed by atoms with Crippen molar-refractivity contribution in [2.45, 2.75) is 18.7 Å². The molecule has 0 fully saturated rings. The van der Waals surface area contributed by atoms with Crippen LogP contribution in [0.25, 0.3) is 0 Å². The maximum absolute atomic E-state index is 13.6. The Balaban J connectivity index is 1.91. The van der Waals surface area contributed by atoms with E-state index >= 15 is 0 Å². The van der Waals surface area contributed by atoms with Gasteiger partial charge in [-0.1, -0.05) is 17.7 Å². The number of carbonyl (C=O) groups is 1. The molecule has 3 rings (SSSR count). The molecule has 0 atom stereocenters. The first-order valence-electron chi connectivity index (χ1n) is 11.3. The van der Waals surface area contributed by atoms with Gasteiger partial charge in [-0.15, -0.1) is 0 Å². The van der Waals surface area contributed by atoms with Crippen molar-refractivity contribution >= 4 is 27.8 Å². The Morgan fingerprint density at radius 3 is 2.41 bits per heavy atom. The van der Waals surface area contributed by atoms with Crippen molar-refractivity contribution in [1.82, 2.24) is 5.43 Å². The lowest BCUT2D eigenvalue weighted by molar-refractivity contribution is -0.119. The van der Waals surface area contributed by atoms with Gasteiger partial charge in [0.05, 0.1) is 37.6 Å². The molecule has 196 valence electrons. The predicted octanol–water partition coefficient (Wildman–Crippen LogP) is 3.46. The number of phenolic OH excluding ortho intramolecular Hbond substituents is 1. The van der Waals surface area contributed by atoms with Gasteiger partial charge < -0.3 is 19.3 Å². The van der Waals surface area contributed by atoms with Gasteiger partial charge in [0.1, 0.15) is 18.0 Å². The zero-order chi connectivity index (χ0) is 27.0. The summed E-state index contributed by atoms with van der Waals surface area (Å²) >= 11 is 0. The number of carbonyl (C=O) groups excluding carboxylic acids is 1. The maximum atomic E-state index is 13.6. The molecule has 10 nitrogen and oxygen atoms in total. The normalized spacial score (nSPS) is 11.2. The molecule has 37 heavy (non-hydrogen) atoms. The highest BCUT2D eigenvalue weighted by molar-refractivity contribution is 7.92. The van der Waals surface area contributed by atoms with Crippen LogP contribution in [-0.4, -0.2) is 53.0 Å². The van der Waals surface area contributed by atoms with Crippen molar-refractivity contribution in [3.8, 4) is 23.0 Å². The van der Waals surface area contributed by atoms with Crippen molar-refractivity contribution in [3.63, 3.8) is 0 Å². The fourth-order valence-corrected chi connectivity index (χ4v) is 4.78. The highest BCUT2D eigenvalue weighted by atomic mass is 32.2. The van der Waals surface area contributed by atoms with Crippen LogP contribution in [0, 0.1) is 6.92 Å². The Kier molecular flexibility index (Phi) is 8.96. The molecule has 0 aromatic heterocycles. The Labute approximate surface area is 216 Å². The molecular formula is C26H29N3O7S. The second-order valence-corrected chi connectivity index (χ2v) is 9.68. The zero-order valence-electron chi connectivity index (χ0n) is 21.0. The van der Waals surface area contributed by atoms with Crippen molar-refractivity contribution in [2.24, 2.45) is 5.10 Å². The van der Waals surface area contributed by atoms with Crippen molar-refractivity contribution in [3.05, 3.63) is 71.8 Å². The fraction of sp³-hybridized carbons (Fsp3) is 0.231. The molecule has 1 amide bonds. The first kappa shape index (κ1) is 27.3. The van der Waals surface area contributed by atoms with Crippen LogP contribution >= 0.6 is 0 Å². The summed E-state index contributed by atoms with van der Waals surface area (Å²) < 4.78 is 44.2. The second-order valence-electron chi connectivity index (χ2n) is 7.82. The number of amides is 1. The van der Waals surface area contributed by atoms with Crippen LogP contribution in [0.5, 0.6) is 23.0 Å². The van der Waals surface area contributed by atoms with E-state index in [1.807, 2.05) is 6.92 Å². The molecule has 0 saturated heterocycles. The number of hydrogen-bond donors (Lipinski definition) is 2. The molecule has 0 heterocycles. The molecule has 0 bridgehead atoms. The van der Waals surface area contributed by atoms with Crippen LogP contribution in [0.4, 0.5) is 5.69 Å². The zero-order valence-corrected chi connectivity index (χ0v) is 21.8. The van der Waals surface area contributed by atoms with Crippen molar-refractivity contribution in [1.29, 1.82) is 0 Å². The van der Waals surface area contributed by atoms with Crippen LogP contribution in [0.3, 0.4) is 0 Å². The molecule has 11 heteroatoms. The van der Waals surface area contributed by atoms with Crippen molar-refractivity contribution < 1.29 is 32.5 Å². The lowest BCUT2D eigenvalue weighted by Gasteiger charge is -2.25. The molecule has 0 aliphatic heterocycles. The molecule has 0 radical (unpaired) electrons. The van der Waals surface area contributed by atoms with Gasteiger partial charge in [0.25, 0.3) is 15.9 Å². The monoisotopic (exact) mass is 527 g/mol. The summed E-state index contributed by atoms with van der Waals surface area (Å²) in [7, 11) is -1.32. The van der Waals surface area contributed by atoms with Gasteiger partial charge in [0.15, 0.2) is 11.5 Å². The van der Waals surface area contributed by atoms with Gasteiger partial charge in [-0.25, -0.2) is 13.8 Å². The van der Waals surface area contributed by atoms with Crippen LogP contribution in [-0.2, 0) is 14.8 Å². The molecular weight excluding hydrogens is 498 g/mol. The van der Waals surface area contributed by atoms with Gasteiger partial charge in [-0.3, -0.25) is 9.10 Å². The summed E-state index contributed by atoms with van der Waals surface area (Å²) in [6.07, 6.45) is 1.35. The van der Waals surface area contributed by atoms with E-state index in [1.165, 1.54) is 44.7 Å². The third-order valence-electron chi connectivity index (χ3n) is 5.24. The molecule has 0 unspecified atom stereocenters. The first-order chi connectivity index (χ1) is 17.7. The van der Waals surface area contributed by atoms with E-state index in [2.05, 4.69) is 10.5 Å². The molecule has 0 aliphatic rings. The highest BCUT2D eigenvalue weighted by Crippen LogP contribution is 2.35. The van der Waals surface area contributed by atoms with E-state index in [9.17, 15) is 18.3 Å². The number of rotatable bonds is 11. The number of nitrogens with zero attached hydrogens (tertiary/aromatic N) is 2. The van der Waals surface area contributed by atoms with Crippen molar-refractivity contribution in [2.75, 3.05) is 31.7 Å². The Morgan fingerprint density at radius 2 is 1.76 bits per heavy atom. The third-order valence-corrected chi connectivity index (χ3v) is 7.01. The molecule has 2 N–H and O–H groups in total. The summed E-state index contributed by atoms with van der Waals surface area (Å²) in [4.78, 5) is 12.9. The number of phenols is 1. The Hall–Kier alpha value is -4.25.